The SMILES string of the molecule is N#CC1=CC2=CC23C=CN=CC3=C1. The standard InChI is InChI=1S/C11H6N2/c12-6-8-3-9-5-11(9)1-2-13-7-10(11)4-8/h1-5,7H. The third kappa shape index (κ3) is 0.689. The van der Waals surface area contributed by atoms with Crippen LogP contribution in [0.4, 0.5) is 0 Å². The Bertz CT molecular complexity index is 481. The van der Waals surface area contributed by atoms with E-state index in [2.05, 4.69) is 23.2 Å². The van der Waals surface area contributed by atoms with E-state index in [4.69, 9.17) is 5.26 Å². The zero-order valence-electron chi connectivity index (χ0n) is 6.86. The molecule has 1 aliphatic heterocycles. The third-order valence-electron chi connectivity index (χ3n) is 2.64. The number of rotatable bonds is 0. The molecule has 0 aromatic rings. The lowest BCUT2D eigenvalue weighted by atomic mass is 9.84. The van der Waals surface area contributed by atoms with Crippen LogP contribution < -0.4 is 0 Å². The summed E-state index contributed by atoms with van der Waals surface area (Å²) in [6, 6.07) is 2.15. The Morgan fingerprint density at radius 1 is 1.31 bits per heavy atom. The third-order valence-corrected chi connectivity index (χ3v) is 2.64. The molecular formula is C11H6N2. The van der Waals surface area contributed by atoms with Crippen LogP contribution in [0.3, 0.4) is 0 Å². The molecule has 0 radical (unpaired) electrons. The quantitative estimate of drug-likeness (QED) is 0.541. The van der Waals surface area contributed by atoms with Gasteiger partial charge in [0.25, 0.3) is 0 Å². The highest BCUT2D eigenvalue weighted by Gasteiger charge is 2.46. The van der Waals surface area contributed by atoms with Crippen LogP contribution >= 0.6 is 0 Å². The summed E-state index contributed by atoms with van der Waals surface area (Å²) in [5.41, 5.74) is 3.08. The lowest BCUT2D eigenvalue weighted by molar-refractivity contribution is 0.873. The Labute approximate surface area is 75.9 Å². The van der Waals surface area contributed by atoms with E-state index in [1.807, 2.05) is 24.6 Å². The highest BCUT2D eigenvalue weighted by Crippen LogP contribution is 2.55. The first-order chi connectivity index (χ1) is 6.35. The van der Waals surface area contributed by atoms with Crippen LogP contribution in [-0.4, -0.2) is 6.21 Å². The summed E-state index contributed by atoms with van der Waals surface area (Å²) in [7, 11) is 0. The van der Waals surface area contributed by atoms with Crippen LogP contribution in [0.25, 0.3) is 0 Å². The zero-order chi connectivity index (χ0) is 8.89. The Balaban J connectivity index is 2.16. The van der Waals surface area contributed by atoms with E-state index >= 15 is 0 Å². The van der Waals surface area contributed by atoms with Crippen molar-refractivity contribution in [3.63, 3.8) is 0 Å². The van der Waals surface area contributed by atoms with Gasteiger partial charge in [0.1, 0.15) is 0 Å². The van der Waals surface area contributed by atoms with Crippen molar-refractivity contribution in [3.05, 3.63) is 47.2 Å². The fraction of sp³-hybridized carbons (Fsp3) is 0.0909. The molecule has 1 atom stereocenters. The molecule has 0 aromatic carbocycles. The monoisotopic (exact) mass is 166 g/mol. The van der Waals surface area contributed by atoms with Crippen LogP contribution in [0.15, 0.2) is 52.2 Å². The van der Waals surface area contributed by atoms with Gasteiger partial charge in [-0.1, -0.05) is 6.08 Å². The maximum absolute atomic E-state index is 8.76. The van der Waals surface area contributed by atoms with Crippen LogP contribution in [-0.2, 0) is 0 Å². The Hall–Kier alpha value is -1.88. The van der Waals surface area contributed by atoms with Gasteiger partial charge in [-0.05, 0) is 29.4 Å². The van der Waals surface area contributed by atoms with Gasteiger partial charge in [0.2, 0.25) is 0 Å². The summed E-state index contributed by atoms with van der Waals surface area (Å²) >= 11 is 0. The van der Waals surface area contributed by atoms with E-state index < -0.39 is 0 Å². The second-order valence-corrected chi connectivity index (χ2v) is 3.37. The molecule has 0 bridgehead atoms. The topological polar surface area (TPSA) is 36.1 Å². The Morgan fingerprint density at radius 2 is 2.23 bits per heavy atom. The minimum absolute atomic E-state index is 0.0160. The summed E-state index contributed by atoms with van der Waals surface area (Å²) in [5.74, 6) is 0. The first-order valence-electron chi connectivity index (χ1n) is 4.13. The van der Waals surface area contributed by atoms with Gasteiger partial charge in [-0.15, -0.1) is 0 Å². The largest absolute Gasteiger partial charge is 0.265 e. The lowest BCUT2D eigenvalue weighted by Crippen LogP contribution is -2.12. The number of hydrogen-bond donors (Lipinski definition) is 0. The van der Waals surface area contributed by atoms with E-state index in [1.165, 1.54) is 5.57 Å². The minimum atomic E-state index is 0.0160. The average Bonchev–Trinajstić information content (AvgIpc) is 2.87. The van der Waals surface area contributed by atoms with Gasteiger partial charge in [0, 0.05) is 12.4 Å². The molecular weight excluding hydrogens is 160 g/mol. The van der Waals surface area contributed by atoms with Crippen molar-refractivity contribution in [2.75, 3.05) is 0 Å². The molecule has 60 valence electrons. The molecule has 3 aliphatic rings. The number of hydrogen-bond acceptors (Lipinski definition) is 2. The van der Waals surface area contributed by atoms with Crippen molar-refractivity contribution < 1.29 is 0 Å². The van der Waals surface area contributed by atoms with Gasteiger partial charge in [-0.3, -0.25) is 4.99 Å². The Morgan fingerprint density at radius 3 is 3.08 bits per heavy atom. The van der Waals surface area contributed by atoms with Crippen molar-refractivity contribution in [1.82, 2.24) is 0 Å². The molecule has 0 saturated heterocycles. The lowest BCUT2D eigenvalue weighted by Gasteiger charge is -2.19. The smallest absolute Gasteiger partial charge is 0.0991 e. The predicted molar refractivity (Wildman–Crippen MR) is 49.9 cm³/mol. The van der Waals surface area contributed by atoms with Crippen LogP contribution in [0, 0.1) is 16.7 Å². The molecule has 0 aromatic heterocycles. The predicted octanol–water partition coefficient (Wildman–Crippen LogP) is 1.90. The van der Waals surface area contributed by atoms with E-state index in [-0.39, 0.29) is 5.41 Å². The maximum atomic E-state index is 8.76. The van der Waals surface area contributed by atoms with Gasteiger partial charge in [-0.25, -0.2) is 0 Å². The zero-order valence-corrected chi connectivity index (χ0v) is 6.86. The molecule has 2 nitrogen and oxygen atoms in total. The number of nitriles is 1. The first-order valence-corrected chi connectivity index (χ1v) is 4.13. The van der Waals surface area contributed by atoms with Crippen molar-refractivity contribution in [2.24, 2.45) is 10.4 Å². The molecule has 3 rings (SSSR count). The highest BCUT2D eigenvalue weighted by atomic mass is 14.7. The van der Waals surface area contributed by atoms with E-state index in [9.17, 15) is 0 Å². The van der Waals surface area contributed by atoms with Gasteiger partial charge < -0.3 is 0 Å². The number of aliphatic imine (C=N–C) groups is 1. The molecule has 2 aliphatic carbocycles. The fourth-order valence-electron chi connectivity index (χ4n) is 1.85. The molecule has 13 heavy (non-hydrogen) atoms. The summed E-state index contributed by atoms with van der Waals surface area (Å²) in [6.07, 6.45) is 11.7. The summed E-state index contributed by atoms with van der Waals surface area (Å²) in [4.78, 5) is 4.06. The van der Waals surface area contributed by atoms with E-state index in [0.717, 1.165) is 11.1 Å². The molecule has 1 unspecified atom stereocenters. The number of nitrogens with zero attached hydrogens (tertiary/aromatic N) is 2. The molecule has 0 saturated carbocycles. The summed E-state index contributed by atoms with van der Waals surface area (Å²) in [5, 5.41) is 8.76. The van der Waals surface area contributed by atoms with Crippen LogP contribution in [0.2, 0.25) is 0 Å². The first kappa shape index (κ1) is 6.62. The van der Waals surface area contributed by atoms with Crippen molar-refractivity contribution in [3.8, 4) is 6.07 Å². The normalized spacial score (nSPS) is 32.1. The average molecular weight is 166 g/mol. The highest BCUT2D eigenvalue weighted by molar-refractivity contribution is 5.91. The van der Waals surface area contributed by atoms with Gasteiger partial charge in [-0.2, -0.15) is 5.26 Å². The molecule has 2 heteroatoms. The summed E-state index contributed by atoms with van der Waals surface area (Å²) < 4.78 is 0. The molecule has 0 fully saturated rings. The second kappa shape index (κ2) is 1.89. The molecule has 1 spiro atoms. The fourth-order valence-corrected chi connectivity index (χ4v) is 1.85. The van der Waals surface area contributed by atoms with Crippen molar-refractivity contribution in [1.29, 1.82) is 5.26 Å². The van der Waals surface area contributed by atoms with E-state index in [1.54, 1.807) is 0 Å². The van der Waals surface area contributed by atoms with Gasteiger partial charge in [0.05, 0.1) is 17.1 Å². The van der Waals surface area contributed by atoms with Crippen molar-refractivity contribution in [2.45, 2.75) is 0 Å². The van der Waals surface area contributed by atoms with Gasteiger partial charge >= 0.3 is 0 Å². The minimum Gasteiger partial charge on any atom is -0.265 e. The summed E-state index contributed by atoms with van der Waals surface area (Å²) in [6.45, 7) is 0. The van der Waals surface area contributed by atoms with Crippen LogP contribution in [0.1, 0.15) is 0 Å². The Kier molecular flexibility index (Phi) is 0.960. The second-order valence-electron chi connectivity index (χ2n) is 3.37. The van der Waals surface area contributed by atoms with E-state index in [0.29, 0.717) is 0 Å². The van der Waals surface area contributed by atoms with Crippen molar-refractivity contribution >= 4 is 6.21 Å². The molecule has 1 heterocycles. The van der Waals surface area contributed by atoms with Crippen LogP contribution in [0.5, 0.6) is 0 Å². The molecule has 0 amide bonds. The number of allylic oxidation sites excluding steroid dienone is 7. The molecule has 0 N–H and O–H groups in total. The van der Waals surface area contributed by atoms with Gasteiger partial charge in [0.15, 0.2) is 0 Å². The maximum Gasteiger partial charge on any atom is 0.0991 e.